The maximum absolute atomic E-state index is 10.9. The molecule has 1 aromatic heterocycles. The molecule has 0 saturated heterocycles. The summed E-state index contributed by atoms with van der Waals surface area (Å²) in [7, 11) is -3.17. The largest absolute Gasteiger partial charge is 0.323 e. The molecule has 0 radical (unpaired) electrons. The normalized spacial score (nSPS) is 11.5. The van der Waals surface area contributed by atoms with Gasteiger partial charge in [0.15, 0.2) is 0 Å². The Morgan fingerprint density at radius 1 is 1.64 bits per heavy atom. The van der Waals surface area contributed by atoms with E-state index in [1.807, 2.05) is 0 Å². The second-order valence-corrected chi connectivity index (χ2v) is 4.03. The first-order valence-corrected chi connectivity index (χ1v) is 4.74. The van der Waals surface area contributed by atoms with E-state index in [0.717, 1.165) is 10.2 Å². The molecule has 62 valence electrons. The predicted molar refractivity (Wildman–Crippen MR) is 42.5 cm³/mol. The molecule has 5 nitrogen and oxygen atoms in total. The van der Waals surface area contributed by atoms with Crippen molar-refractivity contribution in [2.75, 3.05) is 11.7 Å². The summed E-state index contributed by atoms with van der Waals surface area (Å²) in [6, 6.07) is 1.57. The molecule has 0 aromatic carbocycles. The average molecular weight is 175 g/mol. The Labute approximate surface area is 64.8 Å². The van der Waals surface area contributed by atoms with E-state index in [9.17, 15) is 8.42 Å². The van der Waals surface area contributed by atoms with Crippen LogP contribution >= 0.6 is 0 Å². The summed E-state index contributed by atoms with van der Waals surface area (Å²) in [6.07, 6.45) is 3.94. The highest BCUT2D eigenvalue weighted by Crippen LogP contribution is 2.06. The molecule has 1 rings (SSSR count). The lowest BCUT2D eigenvalue weighted by Crippen LogP contribution is -2.08. The zero-order chi connectivity index (χ0) is 8.48. The molecule has 3 N–H and O–H groups in total. The number of anilines is 1. The van der Waals surface area contributed by atoms with Gasteiger partial charge in [-0.05, 0) is 6.07 Å². The van der Waals surface area contributed by atoms with Crippen molar-refractivity contribution >= 4 is 15.7 Å². The van der Waals surface area contributed by atoms with Gasteiger partial charge in [0.2, 0.25) is 10.0 Å². The standard InChI is InChI=1S/C5H9N3O2S/c1-11(9,10)8-3-2-5(4-8)7-6/h2-4,7H,6H2,1H3. The molecule has 0 saturated carbocycles. The van der Waals surface area contributed by atoms with E-state index in [0.29, 0.717) is 5.69 Å². The number of rotatable bonds is 2. The van der Waals surface area contributed by atoms with Crippen LogP contribution < -0.4 is 11.3 Å². The molecule has 1 aromatic rings. The molecule has 0 aliphatic carbocycles. The Kier molecular flexibility index (Phi) is 1.88. The molecule has 1 heterocycles. The smallest absolute Gasteiger partial charge is 0.235 e. The van der Waals surface area contributed by atoms with Gasteiger partial charge in [0.25, 0.3) is 0 Å². The van der Waals surface area contributed by atoms with Crippen LogP contribution in [0.1, 0.15) is 0 Å². The number of hydrazine groups is 1. The minimum absolute atomic E-state index is 0.565. The summed E-state index contributed by atoms with van der Waals surface area (Å²) in [4.78, 5) is 0. The molecular formula is C5H9N3O2S. The molecule has 0 fully saturated rings. The van der Waals surface area contributed by atoms with Gasteiger partial charge in [-0.3, -0.25) is 9.82 Å². The van der Waals surface area contributed by atoms with Crippen LogP contribution in [0.2, 0.25) is 0 Å². The van der Waals surface area contributed by atoms with Gasteiger partial charge in [-0.1, -0.05) is 0 Å². The first kappa shape index (κ1) is 8.09. The van der Waals surface area contributed by atoms with Gasteiger partial charge in [0, 0.05) is 12.4 Å². The van der Waals surface area contributed by atoms with Gasteiger partial charge in [-0.25, -0.2) is 8.42 Å². The quantitative estimate of drug-likeness (QED) is 0.473. The first-order chi connectivity index (χ1) is 5.04. The maximum atomic E-state index is 10.9. The summed E-state index contributed by atoms with van der Waals surface area (Å²) in [6.45, 7) is 0. The first-order valence-electron chi connectivity index (χ1n) is 2.89. The zero-order valence-corrected chi connectivity index (χ0v) is 6.80. The maximum Gasteiger partial charge on any atom is 0.235 e. The van der Waals surface area contributed by atoms with E-state index >= 15 is 0 Å². The zero-order valence-electron chi connectivity index (χ0n) is 5.98. The summed E-state index contributed by atoms with van der Waals surface area (Å²) in [5.74, 6) is 5.05. The molecular weight excluding hydrogens is 166 g/mol. The number of nitrogens with two attached hydrogens (primary N) is 1. The number of nitrogen functional groups attached to an aromatic ring is 1. The second-order valence-electron chi connectivity index (χ2n) is 2.14. The van der Waals surface area contributed by atoms with Gasteiger partial charge in [0.1, 0.15) is 0 Å². The Morgan fingerprint density at radius 3 is 2.55 bits per heavy atom. The number of nitrogens with zero attached hydrogens (tertiary/aromatic N) is 1. The molecule has 0 amide bonds. The third kappa shape index (κ3) is 1.72. The van der Waals surface area contributed by atoms with E-state index < -0.39 is 10.0 Å². The van der Waals surface area contributed by atoms with E-state index in [-0.39, 0.29) is 0 Å². The minimum atomic E-state index is -3.17. The third-order valence-corrected chi connectivity index (χ3v) is 2.21. The summed E-state index contributed by atoms with van der Waals surface area (Å²) < 4.78 is 22.8. The van der Waals surface area contributed by atoms with Crippen molar-refractivity contribution in [1.29, 1.82) is 0 Å². The number of nitrogens with one attached hydrogen (secondary N) is 1. The molecule has 0 unspecified atom stereocenters. The molecule has 0 spiro atoms. The third-order valence-electron chi connectivity index (χ3n) is 1.22. The van der Waals surface area contributed by atoms with Crippen LogP contribution in [0.4, 0.5) is 5.69 Å². The van der Waals surface area contributed by atoms with Gasteiger partial charge in [0.05, 0.1) is 11.9 Å². The molecule has 0 atom stereocenters. The fourth-order valence-corrected chi connectivity index (χ4v) is 1.26. The lowest BCUT2D eigenvalue weighted by Gasteiger charge is -1.96. The molecule has 0 aliphatic heterocycles. The second kappa shape index (κ2) is 2.55. The van der Waals surface area contributed by atoms with Gasteiger partial charge in [-0.2, -0.15) is 0 Å². The fourth-order valence-electron chi connectivity index (χ4n) is 0.669. The van der Waals surface area contributed by atoms with Crippen molar-refractivity contribution in [2.24, 2.45) is 5.84 Å². The Balaban J connectivity index is 3.09. The highest BCUT2D eigenvalue weighted by Gasteiger charge is 2.03. The Hall–Kier alpha value is -1.01. The fraction of sp³-hybridized carbons (Fsp3) is 0.200. The van der Waals surface area contributed by atoms with Crippen LogP contribution in [-0.4, -0.2) is 18.6 Å². The molecule has 11 heavy (non-hydrogen) atoms. The average Bonchev–Trinajstić information content (AvgIpc) is 2.32. The van der Waals surface area contributed by atoms with Crippen molar-refractivity contribution in [3.63, 3.8) is 0 Å². The predicted octanol–water partition coefficient (Wildman–Crippen LogP) is -0.419. The van der Waals surface area contributed by atoms with E-state index in [2.05, 4.69) is 5.43 Å². The number of hydrogen-bond acceptors (Lipinski definition) is 4. The van der Waals surface area contributed by atoms with Crippen molar-refractivity contribution in [3.05, 3.63) is 18.5 Å². The molecule has 6 heteroatoms. The van der Waals surface area contributed by atoms with Crippen LogP contribution in [0, 0.1) is 0 Å². The van der Waals surface area contributed by atoms with Crippen LogP contribution in [0.5, 0.6) is 0 Å². The Bertz CT molecular complexity index is 340. The van der Waals surface area contributed by atoms with Gasteiger partial charge < -0.3 is 5.43 Å². The summed E-state index contributed by atoms with van der Waals surface area (Å²) in [5.41, 5.74) is 2.90. The monoisotopic (exact) mass is 175 g/mol. The molecule has 0 bridgehead atoms. The highest BCUT2D eigenvalue weighted by molar-refractivity contribution is 7.89. The number of hydrogen-bond donors (Lipinski definition) is 2. The van der Waals surface area contributed by atoms with Crippen molar-refractivity contribution in [3.8, 4) is 0 Å². The van der Waals surface area contributed by atoms with Crippen LogP contribution in [0.15, 0.2) is 18.5 Å². The van der Waals surface area contributed by atoms with E-state index in [1.165, 1.54) is 12.4 Å². The van der Waals surface area contributed by atoms with Crippen LogP contribution in [0.3, 0.4) is 0 Å². The highest BCUT2D eigenvalue weighted by atomic mass is 32.2. The van der Waals surface area contributed by atoms with Crippen LogP contribution in [-0.2, 0) is 10.0 Å². The van der Waals surface area contributed by atoms with E-state index in [4.69, 9.17) is 5.84 Å². The van der Waals surface area contributed by atoms with Gasteiger partial charge in [-0.15, -0.1) is 0 Å². The van der Waals surface area contributed by atoms with Gasteiger partial charge >= 0.3 is 0 Å². The summed E-state index contributed by atoms with van der Waals surface area (Å²) >= 11 is 0. The lowest BCUT2D eigenvalue weighted by atomic mass is 10.6. The number of aromatic nitrogens is 1. The topological polar surface area (TPSA) is 77.1 Å². The SMILES string of the molecule is CS(=O)(=O)n1ccc(NN)c1. The molecule has 0 aliphatic rings. The summed E-state index contributed by atoms with van der Waals surface area (Å²) in [5, 5.41) is 0. The van der Waals surface area contributed by atoms with Crippen molar-refractivity contribution in [2.45, 2.75) is 0 Å². The van der Waals surface area contributed by atoms with Crippen LogP contribution in [0.25, 0.3) is 0 Å². The minimum Gasteiger partial charge on any atom is -0.323 e. The van der Waals surface area contributed by atoms with Crippen molar-refractivity contribution in [1.82, 2.24) is 3.97 Å². The lowest BCUT2D eigenvalue weighted by molar-refractivity contribution is 0.593. The van der Waals surface area contributed by atoms with E-state index in [1.54, 1.807) is 6.07 Å². The Morgan fingerprint density at radius 2 is 2.27 bits per heavy atom. The van der Waals surface area contributed by atoms with Crippen molar-refractivity contribution < 1.29 is 8.42 Å².